The maximum Gasteiger partial charge on any atom is 0.0458 e. The number of halogens is 1. The van der Waals surface area contributed by atoms with Crippen LogP contribution in [0.1, 0.15) is 11.1 Å². The Bertz CT molecular complexity index is 723. The molecule has 0 saturated carbocycles. The first-order valence-electron chi connectivity index (χ1n) is 8.75. The number of likely N-dealkylation sites (N-methyl/N-ethyl adjacent to an activating group) is 1. The van der Waals surface area contributed by atoms with Crippen molar-refractivity contribution in [2.45, 2.75) is 6.42 Å². The minimum atomic E-state index is 1.03. The molecular formula is C20H24BrN3. The molecule has 0 unspecified atom stereocenters. The van der Waals surface area contributed by atoms with Gasteiger partial charge >= 0.3 is 0 Å². The highest BCUT2D eigenvalue weighted by atomic mass is 79.9. The van der Waals surface area contributed by atoms with E-state index in [0.29, 0.717) is 0 Å². The van der Waals surface area contributed by atoms with Crippen molar-refractivity contribution in [1.82, 2.24) is 9.80 Å². The lowest BCUT2D eigenvalue weighted by molar-refractivity contribution is 0.157. The Labute approximate surface area is 153 Å². The molecule has 1 saturated heterocycles. The summed E-state index contributed by atoms with van der Waals surface area (Å²) in [4.78, 5) is 7.52. The van der Waals surface area contributed by atoms with Crippen LogP contribution in [0.5, 0.6) is 0 Å². The van der Waals surface area contributed by atoms with Gasteiger partial charge in [-0.25, -0.2) is 0 Å². The third-order valence-corrected chi connectivity index (χ3v) is 5.73. The van der Waals surface area contributed by atoms with E-state index in [-0.39, 0.29) is 0 Å². The molecule has 2 aromatic carbocycles. The number of piperazine rings is 1. The van der Waals surface area contributed by atoms with E-state index in [0.717, 1.165) is 24.0 Å². The molecule has 0 amide bonds. The van der Waals surface area contributed by atoms with E-state index in [2.05, 4.69) is 80.1 Å². The highest BCUT2D eigenvalue weighted by molar-refractivity contribution is 9.10. The maximum absolute atomic E-state index is 3.65. The van der Waals surface area contributed by atoms with Gasteiger partial charge < -0.3 is 9.80 Å². The second-order valence-corrected chi connectivity index (χ2v) is 7.79. The predicted molar refractivity (Wildman–Crippen MR) is 104 cm³/mol. The van der Waals surface area contributed by atoms with Gasteiger partial charge in [-0.3, -0.25) is 4.90 Å². The topological polar surface area (TPSA) is 9.72 Å². The van der Waals surface area contributed by atoms with E-state index >= 15 is 0 Å². The van der Waals surface area contributed by atoms with Gasteiger partial charge in [0.25, 0.3) is 0 Å². The summed E-state index contributed by atoms with van der Waals surface area (Å²) in [6.07, 6.45) is 1.03. The van der Waals surface area contributed by atoms with Crippen LogP contribution in [0.3, 0.4) is 0 Å². The number of fused-ring (bicyclic) bond motifs is 2. The van der Waals surface area contributed by atoms with Crippen LogP contribution in [0.4, 0.5) is 11.4 Å². The van der Waals surface area contributed by atoms with Gasteiger partial charge in [0.15, 0.2) is 0 Å². The fraction of sp³-hybridized carbons (Fsp3) is 0.400. The Morgan fingerprint density at radius 3 is 2.46 bits per heavy atom. The van der Waals surface area contributed by atoms with Crippen molar-refractivity contribution >= 4 is 27.3 Å². The molecule has 0 spiro atoms. The standard InChI is InChI=1S/C20H24BrN3/c1-22-8-10-23(11-9-22)12-13-24-19-5-3-2-4-16(19)14-17-6-7-18(21)15-20(17)24/h2-7,15H,8-14H2,1H3. The largest absolute Gasteiger partial charge is 0.340 e. The first kappa shape index (κ1) is 16.1. The van der Waals surface area contributed by atoms with Crippen molar-refractivity contribution in [1.29, 1.82) is 0 Å². The van der Waals surface area contributed by atoms with E-state index in [1.54, 1.807) is 0 Å². The Balaban J connectivity index is 1.58. The first-order chi connectivity index (χ1) is 11.7. The fourth-order valence-corrected chi connectivity index (χ4v) is 4.10. The minimum Gasteiger partial charge on any atom is -0.340 e. The average Bonchev–Trinajstić information content (AvgIpc) is 2.60. The lowest BCUT2D eigenvalue weighted by Crippen LogP contribution is -2.46. The lowest BCUT2D eigenvalue weighted by atomic mass is 9.95. The molecule has 0 aliphatic carbocycles. The second-order valence-electron chi connectivity index (χ2n) is 6.88. The van der Waals surface area contributed by atoms with Gasteiger partial charge in [-0.1, -0.05) is 40.2 Å². The van der Waals surface area contributed by atoms with Crippen molar-refractivity contribution in [3.05, 3.63) is 58.1 Å². The Hall–Kier alpha value is -1.36. The zero-order chi connectivity index (χ0) is 16.5. The SMILES string of the molecule is CN1CCN(CCN2c3ccccc3Cc3ccc(Br)cc32)CC1. The summed E-state index contributed by atoms with van der Waals surface area (Å²) in [5.74, 6) is 0. The smallest absolute Gasteiger partial charge is 0.0458 e. The van der Waals surface area contributed by atoms with E-state index in [1.165, 1.54) is 48.7 Å². The van der Waals surface area contributed by atoms with Crippen molar-refractivity contribution in [3.8, 4) is 0 Å². The second kappa shape index (κ2) is 6.87. The Morgan fingerprint density at radius 1 is 0.875 bits per heavy atom. The monoisotopic (exact) mass is 385 g/mol. The van der Waals surface area contributed by atoms with Crippen LogP contribution < -0.4 is 4.90 Å². The zero-order valence-corrected chi connectivity index (χ0v) is 15.8. The molecule has 4 rings (SSSR count). The van der Waals surface area contributed by atoms with Crippen LogP contribution in [0.15, 0.2) is 46.9 Å². The predicted octanol–water partition coefficient (Wildman–Crippen LogP) is 3.74. The van der Waals surface area contributed by atoms with Gasteiger partial charge in [0, 0.05) is 61.5 Å². The van der Waals surface area contributed by atoms with Crippen molar-refractivity contribution in [3.63, 3.8) is 0 Å². The normalized spacial score (nSPS) is 18.3. The number of hydrogen-bond donors (Lipinski definition) is 0. The van der Waals surface area contributed by atoms with Crippen LogP contribution >= 0.6 is 15.9 Å². The van der Waals surface area contributed by atoms with E-state index in [1.807, 2.05) is 0 Å². The number of anilines is 2. The number of nitrogens with zero attached hydrogens (tertiary/aromatic N) is 3. The molecule has 0 radical (unpaired) electrons. The number of rotatable bonds is 3. The van der Waals surface area contributed by atoms with E-state index < -0.39 is 0 Å². The third-order valence-electron chi connectivity index (χ3n) is 5.24. The van der Waals surface area contributed by atoms with Crippen LogP contribution in [0.25, 0.3) is 0 Å². The van der Waals surface area contributed by atoms with Gasteiger partial charge in [0.2, 0.25) is 0 Å². The summed E-state index contributed by atoms with van der Waals surface area (Å²) < 4.78 is 1.16. The number of para-hydroxylation sites is 1. The quantitative estimate of drug-likeness (QED) is 0.796. The first-order valence-corrected chi connectivity index (χ1v) is 9.55. The molecule has 2 heterocycles. The molecule has 0 N–H and O–H groups in total. The molecule has 0 atom stereocenters. The highest BCUT2D eigenvalue weighted by Crippen LogP contribution is 2.39. The van der Waals surface area contributed by atoms with Gasteiger partial charge in [0.1, 0.15) is 0 Å². The lowest BCUT2D eigenvalue weighted by Gasteiger charge is -2.37. The average molecular weight is 386 g/mol. The zero-order valence-electron chi connectivity index (χ0n) is 14.2. The number of hydrogen-bond acceptors (Lipinski definition) is 3. The van der Waals surface area contributed by atoms with Gasteiger partial charge in [-0.2, -0.15) is 0 Å². The van der Waals surface area contributed by atoms with Crippen LogP contribution in [0, 0.1) is 0 Å². The van der Waals surface area contributed by atoms with E-state index in [4.69, 9.17) is 0 Å². The number of benzene rings is 2. The minimum absolute atomic E-state index is 1.03. The van der Waals surface area contributed by atoms with Gasteiger partial charge in [0.05, 0.1) is 0 Å². The molecule has 126 valence electrons. The molecule has 2 aliphatic heterocycles. The molecule has 2 aliphatic rings. The third kappa shape index (κ3) is 3.23. The summed E-state index contributed by atoms with van der Waals surface area (Å²) in [6.45, 7) is 6.88. The summed E-state index contributed by atoms with van der Waals surface area (Å²) in [5, 5.41) is 0. The van der Waals surface area contributed by atoms with Crippen LogP contribution in [-0.2, 0) is 6.42 Å². The molecule has 0 bridgehead atoms. The van der Waals surface area contributed by atoms with E-state index in [9.17, 15) is 0 Å². The van der Waals surface area contributed by atoms with Crippen LogP contribution in [0.2, 0.25) is 0 Å². The summed E-state index contributed by atoms with van der Waals surface area (Å²) >= 11 is 3.65. The molecule has 24 heavy (non-hydrogen) atoms. The Kier molecular flexibility index (Phi) is 4.61. The summed E-state index contributed by atoms with van der Waals surface area (Å²) in [7, 11) is 2.21. The van der Waals surface area contributed by atoms with Crippen molar-refractivity contribution < 1.29 is 0 Å². The highest BCUT2D eigenvalue weighted by Gasteiger charge is 2.23. The van der Waals surface area contributed by atoms with Gasteiger partial charge in [-0.05, 0) is 36.4 Å². The molecule has 3 nitrogen and oxygen atoms in total. The molecule has 0 aromatic heterocycles. The molecule has 1 fully saturated rings. The fourth-order valence-electron chi connectivity index (χ4n) is 3.75. The van der Waals surface area contributed by atoms with Crippen molar-refractivity contribution in [2.75, 3.05) is 51.2 Å². The summed E-state index contributed by atoms with van der Waals surface area (Å²) in [5.41, 5.74) is 5.59. The molecule has 4 heteroatoms. The van der Waals surface area contributed by atoms with Crippen LogP contribution in [-0.4, -0.2) is 56.1 Å². The molecular weight excluding hydrogens is 362 g/mol. The summed E-state index contributed by atoms with van der Waals surface area (Å²) in [6, 6.07) is 15.5. The molecule has 2 aromatic rings. The Morgan fingerprint density at radius 2 is 1.62 bits per heavy atom. The van der Waals surface area contributed by atoms with Crippen molar-refractivity contribution in [2.24, 2.45) is 0 Å². The maximum atomic E-state index is 3.65. The van der Waals surface area contributed by atoms with Gasteiger partial charge in [-0.15, -0.1) is 0 Å².